The predicted octanol–water partition coefficient (Wildman–Crippen LogP) is 1.55. The number of para-hydroxylation sites is 1. The van der Waals surface area contributed by atoms with Gasteiger partial charge in [-0.15, -0.1) is 0 Å². The zero-order valence-corrected chi connectivity index (χ0v) is 14.6. The van der Waals surface area contributed by atoms with Crippen molar-refractivity contribution in [1.29, 1.82) is 0 Å². The fourth-order valence-corrected chi connectivity index (χ4v) is 2.79. The molecule has 0 spiro atoms. The van der Waals surface area contributed by atoms with Crippen molar-refractivity contribution in [1.82, 2.24) is 14.7 Å². The molecule has 1 aliphatic heterocycles. The molecule has 0 N–H and O–H groups in total. The molecule has 3 rings (SSSR count). The number of carbonyl (C=O) groups excluding carboxylic acids is 3. The van der Waals surface area contributed by atoms with E-state index in [4.69, 9.17) is 4.74 Å². The quantitative estimate of drug-likeness (QED) is 0.754. The highest BCUT2D eigenvalue weighted by Gasteiger charge is 2.29. The highest BCUT2D eigenvalue weighted by atomic mass is 16.6. The lowest BCUT2D eigenvalue weighted by Crippen LogP contribution is -2.35. The Balaban J connectivity index is 1.64. The Morgan fingerprint density at radius 3 is 2.62 bits per heavy atom. The highest BCUT2D eigenvalue weighted by Crippen LogP contribution is 2.18. The van der Waals surface area contributed by atoms with Gasteiger partial charge in [0.25, 0.3) is 5.91 Å². The molecule has 0 bridgehead atoms. The van der Waals surface area contributed by atoms with E-state index in [9.17, 15) is 14.4 Å². The van der Waals surface area contributed by atoms with Gasteiger partial charge >= 0.3 is 12.1 Å². The van der Waals surface area contributed by atoms with Gasteiger partial charge in [-0.05, 0) is 26.0 Å². The number of benzene rings is 1. The molecule has 136 valence electrons. The first kappa shape index (κ1) is 17.7. The standard InChI is InChI=1S/C18H19N3O5/c1-12-15(13(2)21(19-12)14-6-4-3-5-7-14)10-17(23)26-11-16(22)20-8-9-25-18(20)24/h3-7H,8-11H2,1-2H3. The smallest absolute Gasteiger partial charge is 0.416 e. The fraction of sp³-hybridized carbons (Fsp3) is 0.333. The largest absolute Gasteiger partial charge is 0.455 e. The molecule has 1 aromatic carbocycles. The molecule has 1 saturated heterocycles. The Labute approximate surface area is 150 Å². The molecule has 0 radical (unpaired) electrons. The second-order valence-electron chi connectivity index (χ2n) is 5.89. The number of aryl methyl sites for hydroxylation is 1. The topological polar surface area (TPSA) is 90.7 Å². The van der Waals surface area contributed by atoms with Gasteiger partial charge in [-0.25, -0.2) is 14.4 Å². The van der Waals surface area contributed by atoms with Crippen LogP contribution in [0.4, 0.5) is 4.79 Å². The summed E-state index contributed by atoms with van der Waals surface area (Å²) in [5.74, 6) is -1.14. The summed E-state index contributed by atoms with van der Waals surface area (Å²) in [6.07, 6.45) is -0.704. The van der Waals surface area contributed by atoms with Crippen LogP contribution in [0.3, 0.4) is 0 Å². The number of carbonyl (C=O) groups is 3. The second kappa shape index (κ2) is 7.38. The minimum absolute atomic E-state index is 0.00221. The van der Waals surface area contributed by atoms with Gasteiger partial charge < -0.3 is 9.47 Å². The van der Waals surface area contributed by atoms with Crippen LogP contribution in [0, 0.1) is 13.8 Å². The molecule has 2 aromatic rings. The molecule has 0 saturated carbocycles. The molecule has 8 heteroatoms. The van der Waals surface area contributed by atoms with Gasteiger partial charge in [-0.3, -0.25) is 9.59 Å². The Kier molecular flexibility index (Phi) is 5.01. The van der Waals surface area contributed by atoms with E-state index in [1.54, 1.807) is 4.68 Å². The van der Waals surface area contributed by atoms with Crippen LogP contribution < -0.4 is 0 Å². The van der Waals surface area contributed by atoms with Gasteiger partial charge in [0.2, 0.25) is 0 Å². The molecule has 1 aromatic heterocycles. The summed E-state index contributed by atoms with van der Waals surface area (Å²) in [5.41, 5.74) is 3.21. The second-order valence-corrected chi connectivity index (χ2v) is 5.89. The predicted molar refractivity (Wildman–Crippen MR) is 90.8 cm³/mol. The number of imide groups is 1. The van der Waals surface area contributed by atoms with Crippen LogP contribution >= 0.6 is 0 Å². The van der Waals surface area contributed by atoms with Gasteiger partial charge in [0.1, 0.15) is 6.61 Å². The normalized spacial score (nSPS) is 13.6. The van der Waals surface area contributed by atoms with Crippen LogP contribution in [0.15, 0.2) is 30.3 Å². The van der Waals surface area contributed by atoms with Crippen molar-refractivity contribution in [3.63, 3.8) is 0 Å². The van der Waals surface area contributed by atoms with Crippen molar-refractivity contribution in [2.24, 2.45) is 0 Å². The monoisotopic (exact) mass is 357 g/mol. The molecular formula is C18H19N3O5. The van der Waals surface area contributed by atoms with Gasteiger partial charge in [0, 0.05) is 11.3 Å². The van der Waals surface area contributed by atoms with Crippen molar-refractivity contribution >= 4 is 18.0 Å². The Bertz CT molecular complexity index is 844. The number of amides is 2. The van der Waals surface area contributed by atoms with Gasteiger partial charge in [0.15, 0.2) is 6.61 Å². The highest BCUT2D eigenvalue weighted by molar-refractivity contribution is 5.94. The van der Waals surface area contributed by atoms with Gasteiger partial charge in [0.05, 0.1) is 24.3 Å². The first-order valence-corrected chi connectivity index (χ1v) is 8.20. The first-order chi connectivity index (χ1) is 12.5. The number of nitrogens with zero attached hydrogens (tertiary/aromatic N) is 3. The lowest BCUT2D eigenvalue weighted by Gasteiger charge is -2.11. The Morgan fingerprint density at radius 2 is 1.96 bits per heavy atom. The van der Waals surface area contributed by atoms with Crippen LogP contribution in [0.25, 0.3) is 5.69 Å². The van der Waals surface area contributed by atoms with Crippen LogP contribution in [-0.2, 0) is 25.5 Å². The minimum atomic E-state index is -0.707. The molecule has 2 amide bonds. The average Bonchev–Trinajstić information content (AvgIpc) is 3.18. The number of esters is 1. The SMILES string of the molecule is Cc1nn(-c2ccccc2)c(C)c1CC(=O)OCC(=O)N1CCOC1=O. The molecule has 0 aliphatic carbocycles. The number of hydrogen-bond acceptors (Lipinski definition) is 6. The lowest BCUT2D eigenvalue weighted by molar-refractivity contribution is -0.150. The summed E-state index contributed by atoms with van der Waals surface area (Å²) in [7, 11) is 0. The van der Waals surface area contributed by atoms with E-state index in [-0.39, 0.29) is 19.6 Å². The number of cyclic esters (lactones) is 1. The summed E-state index contributed by atoms with van der Waals surface area (Å²) < 4.78 is 11.5. The van der Waals surface area contributed by atoms with E-state index < -0.39 is 24.6 Å². The summed E-state index contributed by atoms with van der Waals surface area (Å²) in [6, 6.07) is 9.59. The van der Waals surface area contributed by atoms with E-state index in [1.165, 1.54) is 0 Å². The van der Waals surface area contributed by atoms with E-state index in [0.29, 0.717) is 0 Å². The number of ether oxygens (including phenoxy) is 2. The maximum absolute atomic E-state index is 12.1. The van der Waals surface area contributed by atoms with Crippen LogP contribution in [0.5, 0.6) is 0 Å². The van der Waals surface area contributed by atoms with E-state index in [0.717, 1.165) is 27.5 Å². The number of aromatic nitrogens is 2. The van der Waals surface area contributed by atoms with Crippen molar-refractivity contribution < 1.29 is 23.9 Å². The molecule has 0 unspecified atom stereocenters. The van der Waals surface area contributed by atoms with E-state index in [2.05, 4.69) is 9.84 Å². The fourth-order valence-electron chi connectivity index (χ4n) is 2.79. The zero-order chi connectivity index (χ0) is 18.7. The molecule has 0 atom stereocenters. The third kappa shape index (κ3) is 3.58. The third-order valence-corrected chi connectivity index (χ3v) is 4.18. The van der Waals surface area contributed by atoms with Gasteiger partial charge in [-0.1, -0.05) is 18.2 Å². The van der Waals surface area contributed by atoms with Crippen LogP contribution in [0.2, 0.25) is 0 Å². The maximum atomic E-state index is 12.1. The Morgan fingerprint density at radius 1 is 1.23 bits per heavy atom. The van der Waals surface area contributed by atoms with Crippen LogP contribution in [-0.4, -0.2) is 52.4 Å². The maximum Gasteiger partial charge on any atom is 0.416 e. The molecule has 1 fully saturated rings. The molecule has 8 nitrogen and oxygen atoms in total. The Hall–Kier alpha value is -3.16. The summed E-state index contributed by atoms with van der Waals surface area (Å²) in [4.78, 5) is 36.2. The van der Waals surface area contributed by atoms with Crippen LogP contribution in [0.1, 0.15) is 17.0 Å². The molecule has 2 heterocycles. The molecule has 1 aliphatic rings. The van der Waals surface area contributed by atoms with E-state index in [1.807, 2.05) is 44.2 Å². The summed E-state index contributed by atoms with van der Waals surface area (Å²) in [5, 5.41) is 4.47. The average molecular weight is 357 g/mol. The third-order valence-electron chi connectivity index (χ3n) is 4.18. The summed E-state index contributed by atoms with van der Waals surface area (Å²) in [6.45, 7) is 3.55. The van der Waals surface area contributed by atoms with Crippen molar-refractivity contribution in [3.8, 4) is 5.69 Å². The summed E-state index contributed by atoms with van der Waals surface area (Å²) >= 11 is 0. The van der Waals surface area contributed by atoms with Gasteiger partial charge in [-0.2, -0.15) is 5.10 Å². The number of rotatable bonds is 5. The molecule has 26 heavy (non-hydrogen) atoms. The minimum Gasteiger partial charge on any atom is -0.455 e. The van der Waals surface area contributed by atoms with Crippen molar-refractivity contribution in [3.05, 3.63) is 47.3 Å². The zero-order valence-electron chi connectivity index (χ0n) is 14.6. The molecular weight excluding hydrogens is 338 g/mol. The lowest BCUT2D eigenvalue weighted by atomic mass is 10.1. The van der Waals surface area contributed by atoms with Crippen molar-refractivity contribution in [2.75, 3.05) is 19.8 Å². The van der Waals surface area contributed by atoms with Crippen molar-refractivity contribution in [2.45, 2.75) is 20.3 Å². The van der Waals surface area contributed by atoms with E-state index >= 15 is 0 Å². The number of hydrogen-bond donors (Lipinski definition) is 0. The first-order valence-electron chi connectivity index (χ1n) is 8.20.